The van der Waals surface area contributed by atoms with E-state index in [1.54, 1.807) is 0 Å². The maximum Gasteiger partial charge on any atom is 0.0645 e. The Balaban J connectivity index is 1.88. The molecule has 1 aromatic carbocycles. The van der Waals surface area contributed by atoms with Crippen LogP contribution < -0.4 is 5.32 Å². The molecular weight excluding hydrogens is 210 g/mol. The fraction of sp³-hybridized carbons (Fsp3) is 0.357. The van der Waals surface area contributed by atoms with Crippen LogP contribution in [0, 0.1) is 5.92 Å². The zero-order valence-electron chi connectivity index (χ0n) is 10.0. The van der Waals surface area contributed by atoms with Crippen LogP contribution in [0.3, 0.4) is 0 Å². The Kier molecular flexibility index (Phi) is 2.69. The summed E-state index contributed by atoms with van der Waals surface area (Å²) in [4.78, 5) is 0. The first-order valence-electron chi connectivity index (χ1n) is 6.18. The highest BCUT2D eigenvalue weighted by molar-refractivity contribution is 5.31. The van der Waals surface area contributed by atoms with Gasteiger partial charge in [-0.3, -0.25) is 0 Å². The average molecular weight is 227 g/mol. The normalized spacial score (nSPS) is 24.1. The molecule has 1 saturated heterocycles. The lowest BCUT2D eigenvalue weighted by molar-refractivity contribution is 0.503. The fourth-order valence-electron chi connectivity index (χ4n) is 2.50. The minimum absolute atomic E-state index is 0.465. The maximum absolute atomic E-state index is 4.44. The van der Waals surface area contributed by atoms with Crippen LogP contribution in [0.4, 0.5) is 0 Å². The van der Waals surface area contributed by atoms with Crippen molar-refractivity contribution in [2.45, 2.75) is 19.4 Å². The van der Waals surface area contributed by atoms with E-state index in [1.807, 2.05) is 29.1 Å². The van der Waals surface area contributed by atoms with Gasteiger partial charge in [0.25, 0.3) is 0 Å². The molecule has 0 saturated carbocycles. The van der Waals surface area contributed by atoms with Crippen LogP contribution in [-0.4, -0.2) is 16.3 Å². The van der Waals surface area contributed by atoms with E-state index in [9.17, 15) is 0 Å². The van der Waals surface area contributed by atoms with E-state index in [4.69, 9.17) is 0 Å². The van der Waals surface area contributed by atoms with Crippen LogP contribution in [0.15, 0.2) is 42.7 Å². The van der Waals surface area contributed by atoms with E-state index >= 15 is 0 Å². The molecule has 3 heteroatoms. The molecule has 0 aliphatic carbocycles. The molecule has 1 aliphatic heterocycles. The summed E-state index contributed by atoms with van der Waals surface area (Å²) in [6.45, 7) is 3.41. The summed E-state index contributed by atoms with van der Waals surface area (Å²) in [5, 5.41) is 7.98. The SMILES string of the molecule is CC1CCNC1c1cnn(-c2ccccc2)c1. The lowest BCUT2D eigenvalue weighted by Gasteiger charge is -2.12. The third-order valence-corrected chi connectivity index (χ3v) is 3.52. The summed E-state index contributed by atoms with van der Waals surface area (Å²) in [6.07, 6.45) is 5.36. The molecule has 0 spiro atoms. The Morgan fingerprint density at radius 2 is 2.12 bits per heavy atom. The Bertz CT molecular complexity index is 489. The highest BCUT2D eigenvalue weighted by atomic mass is 15.3. The Labute approximate surface area is 101 Å². The smallest absolute Gasteiger partial charge is 0.0645 e. The molecule has 0 radical (unpaired) electrons. The van der Waals surface area contributed by atoms with Crippen LogP contribution in [-0.2, 0) is 0 Å². The van der Waals surface area contributed by atoms with Gasteiger partial charge in [-0.15, -0.1) is 0 Å². The van der Waals surface area contributed by atoms with Crippen LogP contribution in [0.1, 0.15) is 24.9 Å². The number of nitrogens with zero attached hydrogens (tertiary/aromatic N) is 2. The van der Waals surface area contributed by atoms with Crippen molar-refractivity contribution in [1.82, 2.24) is 15.1 Å². The van der Waals surface area contributed by atoms with Gasteiger partial charge in [-0.2, -0.15) is 5.10 Å². The molecule has 2 aromatic rings. The molecule has 2 heterocycles. The third kappa shape index (κ3) is 1.98. The van der Waals surface area contributed by atoms with Gasteiger partial charge in [-0.05, 0) is 31.0 Å². The zero-order chi connectivity index (χ0) is 11.7. The van der Waals surface area contributed by atoms with Gasteiger partial charge in [0.1, 0.15) is 0 Å². The number of nitrogens with one attached hydrogen (secondary N) is 1. The quantitative estimate of drug-likeness (QED) is 0.854. The van der Waals surface area contributed by atoms with Gasteiger partial charge in [0.2, 0.25) is 0 Å². The molecule has 1 aliphatic rings. The lowest BCUT2D eigenvalue weighted by Crippen LogP contribution is -2.15. The molecule has 2 unspecified atom stereocenters. The predicted molar refractivity (Wildman–Crippen MR) is 68.1 cm³/mol. The first-order chi connectivity index (χ1) is 8.34. The lowest BCUT2D eigenvalue weighted by atomic mass is 9.99. The number of aromatic nitrogens is 2. The molecule has 1 N–H and O–H groups in total. The van der Waals surface area contributed by atoms with Crippen molar-refractivity contribution in [2.75, 3.05) is 6.54 Å². The van der Waals surface area contributed by atoms with Crippen LogP contribution in [0.2, 0.25) is 0 Å². The van der Waals surface area contributed by atoms with E-state index in [0.29, 0.717) is 12.0 Å². The second-order valence-corrected chi connectivity index (χ2v) is 4.75. The topological polar surface area (TPSA) is 29.9 Å². The minimum Gasteiger partial charge on any atom is -0.310 e. The monoisotopic (exact) mass is 227 g/mol. The summed E-state index contributed by atoms with van der Waals surface area (Å²) in [5.74, 6) is 0.698. The van der Waals surface area contributed by atoms with Gasteiger partial charge < -0.3 is 5.32 Å². The van der Waals surface area contributed by atoms with Crippen molar-refractivity contribution in [2.24, 2.45) is 5.92 Å². The molecule has 88 valence electrons. The molecule has 3 rings (SSSR count). The summed E-state index contributed by atoms with van der Waals surface area (Å²) in [6, 6.07) is 10.7. The van der Waals surface area contributed by atoms with E-state index < -0.39 is 0 Å². The highest BCUT2D eigenvalue weighted by Crippen LogP contribution is 2.28. The molecule has 2 atom stereocenters. The first-order valence-corrected chi connectivity index (χ1v) is 6.18. The number of para-hydroxylation sites is 1. The molecule has 3 nitrogen and oxygen atoms in total. The maximum atomic E-state index is 4.44. The van der Waals surface area contributed by atoms with Gasteiger partial charge in [0.05, 0.1) is 11.9 Å². The predicted octanol–water partition coefficient (Wildman–Crippen LogP) is 2.54. The van der Waals surface area contributed by atoms with Crippen LogP contribution >= 0.6 is 0 Å². The molecule has 1 fully saturated rings. The molecule has 0 bridgehead atoms. The molecule has 1 aromatic heterocycles. The van der Waals surface area contributed by atoms with Crippen LogP contribution in [0.5, 0.6) is 0 Å². The number of benzene rings is 1. The van der Waals surface area contributed by atoms with Crippen molar-refractivity contribution in [3.63, 3.8) is 0 Å². The fourth-order valence-corrected chi connectivity index (χ4v) is 2.50. The van der Waals surface area contributed by atoms with E-state index in [2.05, 4.69) is 35.7 Å². The average Bonchev–Trinajstić information content (AvgIpc) is 2.98. The van der Waals surface area contributed by atoms with E-state index in [1.165, 1.54) is 12.0 Å². The summed E-state index contributed by atoms with van der Waals surface area (Å²) in [7, 11) is 0. The van der Waals surface area contributed by atoms with Crippen molar-refractivity contribution in [1.29, 1.82) is 0 Å². The van der Waals surface area contributed by atoms with Gasteiger partial charge in [-0.1, -0.05) is 25.1 Å². The van der Waals surface area contributed by atoms with Gasteiger partial charge >= 0.3 is 0 Å². The Hall–Kier alpha value is -1.61. The summed E-state index contributed by atoms with van der Waals surface area (Å²) >= 11 is 0. The van der Waals surface area contributed by atoms with Gasteiger partial charge in [0.15, 0.2) is 0 Å². The van der Waals surface area contributed by atoms with Crippen LogP contribution in [0.25, 0.3) is 5.69 Å². The van der Waals surface area contributed by atoms with E-state index in [-0.39, 0.29) is 0 Å². The Morgan fingerprint density at radius 3 is 2.82 bits per heavy atom. The highest BCUT2D eigenvalue weighted by Gasteiger charge is 2.25. The summed E-state index contributed by atoms with van der Waals surface area (Å²) in [5.41, 5.74) is 2.41. The summed E-state index contributed by atoms with van der Waals surface area (Å²) < 4.78 is 1.95. The molecule has 0 amide bonds. The third-order valence-electron chi connectivity index (χ3n) is 3.52. The first kappa shape index (κ1) is 10.5. The number of hydrogen-bond donors (Lipinski definition) is 1. The molecular formula is C14H17N3. The second kappa shape index (κ2) is 4.34. The van der Waals surface area contributed by atoms with Gasteiger partial charge in [0, 0.05) is 17.8 Å². The van der Waals surface area contributed by atoms with Crippen molar-refractivity contribution in [3.05, 3.63) is 48.3 Å². The molecule has 17 heavy (non-hydrogen) atoms. The number of rotatable bonds is 2. The second-order valence-electron chi connectivity index (χ2n) is 4.75. The zero-order valence-corrected chi connectivity index (χ0v) is 10.0. The van der Waals surface area contributed by atoms with E-state index in [0.717, 1.165) is 12.2 Å². The van der Waals surface area contributed by atoms with Crippen molar-refractivity contribution < 1.29 is 0 Å². The minimum atomic E-state index is 0.465. The standard InChI is InChI=1S/C14H17N3/c1-11-7-8-15-14(11)12-9-16-17(10-12)13-5-3-2-4-6-13/h2-6,9-11,14-15H,7-8H2,1H3. The largest absolute Gasteiger partial charge is 0.310 e. The van der Waals surface area contributed by atoms with Crippen molar-refractivity contribution in [3.8, 4) is 5.69 Å². The van der Waals surface area contributed by atoms with Crippen molar-refractivity contribution >= 4 is 0 Å². The Morgan fingerprint density at radius 1 is 1.29 bits per heavy atom. The number of hydrogen-bond acceptors (Lipinski definition) is 2. The van der Waals surface area contributed by atoms with Gasteiger partial charge in [-0.25, -0.2) is 4.68 Å².